The number of para-hydroxylation sites is 1. The minimum Gasteiger partial charge on any atom is -0.494 e. The van der Waals surface area contributed by atoms with Gasteiger partial charge in [0.1, 0.15) is 28.9 Å². The molecule has 1 fully saturated rings. The highest BCUT2D eigenvalue weighted by molar-refractivity contribution is 5.91. The van der Waals surface area contributed by atoms with Crippen molar-refractivity contribution in [3.63, 3.8) is 0 Å². The first kappa shape index (κ1) is 24.9. The van der Waals surface area contributed by atoms with Gasteiger partial charge in [0.2, 0.25) is 0 Å². The summed E-state index contributed by atoms with van der Waals surface area (Å²) in [7, 11) is 0. The van der Waals surface area contributed by atoms with Crippen molar-refractivity contribution >= 4 is 22.4 Å². The summed E-state index contributed by atoms with van der Waals surface area (Å²) in [5.74, 6) is 0.424. The highest BCUT2D eigenvalue weighted by atomic mass is 19.1. The van der Waals surface area contributed by atoms with Crippen LogP contribution >= 0.6 is 0 Å². The van der Waals surface area contributed by atoms with E-state index in [2.05, 4.69) is 20.6 Å². The van der Waals surface area contributed by atoms with E-state index in [0.717, 1.165) is 41.7 Å². The van der Waals surface area contributed by atoms with E-state index < -0.39 is 11.6 Å². The summed E-state index contributed by atoms with van der Waals surface area (Å²) in [5, 5.41) is 12.2. The van der Waals surface area contributed by atoms with E-state index in [4.69, 9.17) is 14.8 Å². The molecular formula is C29H27F2N7O. The molecule has 0 saturated carbocycles. The Kier molecular flexibility index (Phi) is 6.85. The monoisotopic (exact) mass is 527 g/mol. The Hall–Kier alpha value is -4.44. The van der Waals surface area contributed by atoms with Gasteiger partial charge in [-0.05, 0) is 50.6 Å². The Morgan fingerprint density at radius 3 is 2.56 bits per heavy atom. The average molecular weight is 528 g/mol. The molecule has 0 atom stereocenters. The molecule has 4 heterocycles. The van der Waals surface area contributed by atoms with Crippen LogP contribution in [0.3, 0.4) is 0 Å². The molecule has 0 aliphatic carbocycles. The van der Waals surface area contributed by atoms with Gasteiger partial charge in [-0.1, -0.05) is 18.2 Å². The van der Waals surface area contributed by atoms with Gasteiger partial charge >= 0.3 is 0 Å². The summed E-state index contributed by atoms with van der Waals surface area (Å²) in [6.45, 7) is 3.91. The zero-order chi connectivity index (χ0) is 26.8. The van der Waals surface area contributed by atoms with Gasteiger partial charge in [0.05, 0.1) is 18.7 Å². The van der Waals surface area contributed by atoms with Crippen LogP contribution in [0, 0.1) is 17.6 Å². The SMILES string of the molecule is CCOc1cc(F)c(Cn2nc(-c3ncc(CC4CNC4)c(Nc4ccncc4)n3)c3ccccc32)c(F)c1. The second kappa shape index (κ2) is 10.7. The molecular weight excluding hydrogens is 500 g/mol. The second-order valence-corrected chi connectivity index (χ2v) is 9.48. The molecule has 0 unspecified atom stereocenters. The Morgan fingerprint density at radius 2 is 1.85 bits per heavy atom. The van der Waals surface area contributed by atoms with Gasteiger partial charge in [0.25, 0.3) is 0 Å². The van der Waals surface area contributed by atoms with Gasteiger partial charge < -0.3 is 15.4 Å². The Labute approximate surface area is 224 Å². The fourth-order valence-corrected chi connectivity index (χ4v) is 4.70. The van der Waals surface area contributed by atoms with Crippen LogP contribution in [-0.4, -0.2) is 44.4 Å². The number of benzene rings is 2. The van der Waals surface area contributed by atoms with Gasteiger partial charge in [-0.25, -0.2) is 18.7 Å². The number of hydrogen-bond donors (Lipinski definition) is 2. The van der Waals surface area contributed by atoms with Crippen molar-refractivity contribution in [2.45, 2.75) is 19.9 Å². The van der Waals surface area contributed by atoms with Crippen molar-refractivity contribution in [1.29, 1.82) is 0 Å². The summed E-state index contributed by atoms with van der Waals surface area (Å²) in [6.07, 6.45) is 6.11. The number of rotatable bonds is 9. The number of fused-ring (bicyclic) bond motifs is 1. The fourth-order valence-electron chi connectivity index (χ4n) is 4.70. The minimum absolute atomic E-state index is 0.0938. The maximum absolute atomic E-state index is 14.9. The van der Waals surface area contributed by atoms with Gasteiger partial charge in [0.15, 0.2) is 5.82 Å². The number of halogens is 2. The maximum atomic E-state index is 14.9. The number of pyridine rings is 1. The lowest BCUT2D eigenvalue weighted by Gasteiger charge is -2.27. The Morgan fingerprint density at radius 1 is 1.08 bits per heavy atom. The molecule has 5 aromatic rings. The van der Waals surface area contributed by atoms with Crippen LogP contribution in [0.5, 0.6) is 5.75 Å². The predicted octanol–water partition coefficient (Wildman–Crippen LogP) is 5.12. The molecule has 2 aromatic carbocycles. The predicted molar refractivity (Wildman–Crippen MR) is 145 cm³/mol. The van der Waals surface area contributed by atoms with Gasteiger partial charge in [0, 0.05) is 52.9 Å². The van der Waals surface area contributed by atoms with E-state index in [0.29, 0.717) is 29.9 Å². The van der Waals surface area contributed by atoms with E-state index in [1.165, 1.54) is 12.1 Å². The Balaban J connectivity index is 1.39. The molecule has 198 valence electrons. The Bertz CT molecular complexity index is 1600. The third-order valence-corrected chi connectivity index (χ3v) is 6.79. The normalized spacial score (nSPS) is 13.4. The van der Waals surface area contributed by atoms with Crippen LogP contribution < -0.4 is 15.4 Å². The topological polar surface area (TPSA) is 89.8 Å². The molecule has 10 heteroatoms. The van der Waals surface area contributed by atoms with Crippen molar-refractivity contribution < 1.29 is 13.5 Å². The average Bonchev–Trinajstić information content (AvgIpc) is 3.28. The number of nitrogens with one attached hydrogen (secondary N) is 2. The van der Waals surface area contributed by atoms with Gasteiger partial charge in [-0.2, -0.15) is 5.10 Å². The van der Waals surface area contributed by atoms with E-state index in [1.807, 2.05) is 42.6 Å². The lowest BCUT2D eigenvalue weighted by molar-refractivity contribution is 0.335. The standard InChI is InChI=1S/C29H27F2N7O/c1-2-39-21-12-24(30)23(25(31)13-21)17-38-26-6-4-3-5-22(26)27(37-38)29-34-16-19(11-18-14-33-15-18)28(36-29)35-20-7-9-32-10-8-20/h3-10,12-13,16,18,33H,2,11,14-15,17H2,1H3,(H,32,34,35,36). The van der Waals surface area contributed by atoms with Gasteiger partial charge in [-0.3, -0.25) is 9.67 Å². The maximum Gasteiger partial charge on any atom is 0.182 e. The van der Waals surface area contributed by atoms with Crippen LogP contribution in [0.4, 0.5) is 20.3 Å². The molecule has 1 saturated heterocycles. The summed E-state index contributed by atoms with van der Waals surface area (Å²) < 4.78 is 36.6. The van der Waals surface area contributed by atoms with E-state index in [1.54, 1.807) is 24.0 Å². The lowest BCUT2D eigenvalue weighted by Crippen LogP contribution is -2.43. The zero-order valence-electron chi connectivity index (χ0n) is 21.4. The molecule has 0 bridgehead atoms. The van der Waals surface area contributed by atoms with Crippen LogP contribution in [0.1, 0.15) is 18.1 Å². The van der Waals surface area contributed by atoms with Crippen molar-refractivity contribution in [1.82, 2.24) is 30.0 Å². The minimum atomic E-state index is -0.686. The van der Waals surface area contributed by atoms with Crippen LogP contribution in [0.2, 0.25) is 0 Å². The molecule has 2 N–H and O–H groups in total. The molecule has 0 amide bonds. The molecule has 1 aliphatic heterocycles. The molecule has 0 radical (unpaired) electrons. The number of hydrogen-bond acceptors (Lipinski definition) is 7. The largest absolute Gasteiger partial charge is 0.494 e. The number of nitrogens with zero attached hydrogens (tertiary/aromatic N) is 5. The van der Waals surface area contributed by atoms with Crippen molar-refractivity contribution in [3.05, 3.63) is 89.9 Å². The molecule has 39 heavy (non-hydrogen) atoms. The summed E-state index contributed by atoms with van der Waals surface area (Å²) >= 11 is 0. The summed E-state index contributed by atoms with van der Waals surface area (Å²) in [4.78, 5) is 13.6. The lowest BCUT2D eigenvalue weighted by atomic mass is 9.95. The third kappa shape index (κ3) is 5.15. The van der Waals surface area contributed by atoms with Crippen LogP contribution in [0.25, 0.3) is 22.4 Å². The molecule has 1 aliphatic rings. The van der Waals surface area contributed by atoms with Gasteiger partial charge in [-0.15, -0.1) is 0 Å². The van der Waals surface area contributed by atoms with E-state index in [-0.39, 0.29) is 17.9 Å². The number of anilines is 2. The van der Waals surface area contributed by atoms with Crippen LogP contribution in [-0.2, 0) is 13.0 Å². The summed E-state index contributed by atoms with van der Waals surface area (Å²) in [5.41, 5.74) is 3.02. The highest BCUT2D eigenvalue weighted by Gasteiger charge is 2.22. The third-order valence-electron chi connectivity index (χ3n) is 6.79. The van der Waals surface area contributed by atoms with Crippen molar-refractivity contribution in [2.75, 3.05) is 25.0 Å². The summed E-state index contributed by atoms with van der Waals surface area (Å²) in [6, 6.07) is 13.7. The number of aromatic nitrogens is 5. The molecule has 3 aromatic heterocycles. The van der Waals surface area contributed by atoms with Crippen molar-refractivity contribution in [3.8, 4) is 17.3 Å². The first-order valence-corrected chi connectivity index (χ1v) is 12.9. The fraction of sp³-hybridized carbons (Fsp3) is 0.241. The molecule has 8 nitrogen and oxygen atoms in total. The number of ether oxygens (including phenoxy) is 1. The van der Waals surface area contributed by atoms with Crippen molar-refractivity contribution in [2.24, 2.45) is 5.92 Å². The van der Waals surface area contributed by atoms with E-state index in [9.17, 15) is 8.78 Å². The second-order valence-electron chi connectivity index (χ2n) is 9.48. The smallest absolute Gasteiger partial charge is 0.182 e. The zero-order valence-corrected chi connectivity index (χ0v) is 21.4. The first-order valence-electron chi connectivity index (χ1n) is 12.9. The van der Waals surface area contributed by atoms with Crippen LogP contribution in [0.15, 0.2) is 67.1 Å². The first-order chi connectivity index (χ1) is 19.1. The highest BCUT2D eigenvalue weighted by Crippen LogP contribution is 2.30. The molecule has 6 rings (SSSR count). The molecule has 0 spiro atoms. The quantitative estimate of drug-likeness (QED) is 0.275. The van der Waals surface area contributed by atoms with E-state index >= 15 is 0 Å².